The van der Waals surface area contributed by atoms with Crippen LogP contribution in [-0.2, 0) is 0 Å². The number of hydrogen-bond donors (Lipinski definition) is 3. The summed E-state index contributed by atoms with van der Waals surface area (Å²) in [7, 11) is 0. The zero-order valence-electron chi connectivity index (χ0n) is 7.51. The quantitative estimate of drug-likeness (QED) is 0.758. The number of aromatic amines is 1. The molecule has 0 atom stereocenters. The number of urea groups is 1. The second-order valence-corrected chi connectivity index (χ2v) is 4.17. The highest BCUT2D eigenvalue weighted by atomic mass is 79.9. The largest absolute Gasteiger partial charge is 0.335 e. The van der Waals surface area contributed by atoms with Gasteiger partial charge in [-0.25, -0.2) is 4.79 Å². The number of H-pyrrole nitrogens is 1. The van der Waals surface area contributed by atoms with Crippen molar-refractivity contribution in [3.8, 4) is 0 Å². The third-order valence-electron chi connectivity index (χ3n) is 2.27. The number of aromatic nitrogens is 2. The van der Waals surface area contributed by atoms with Crippen molar-refractivity contribution in [2.75, 3.05) is 5.32 Å². The zero-order chi connectivity index (χ0) is 9.97. The van der Waals surface area contributed by atoms with E-state index in [1.165, 1.54) is 6.42 Å². The molecular formula is C8H11BrN4O. The maximum Gasteiger partial charge on any atom is 0.320 e. The molecule has 1 fully saturated rings. The van der Waals surface area contributed by atoms with Crippen molar-refractivity contribution in [2.24, 2.45) is 0 Å². The molecule has 0 radical (unpaired) electrons. The van der Waals surface area contributed by atoms with Gasteiger partial charge in [0.25, 0.3) is 0 Å². The van der Waals surface area contributed by atoms with Crippen LogP contribution < -0.4 is 10.6 Å². The van der Waals surface area contributed by atoms with Gasteiger partial charge in [-0.1, -0.05) is 0 Å². The number of rotatable bonds is 2. The number of amides is 2. The van der Waals surface area contributed by atoms with Crippen molar-refractivity contribution >= 4 is 27.8 Å². The van der Waals surface area contributed by atoms with Crippen LogP contribution in [0.15, 0.2) is 10.7 Å². The van der Waals surface area contributed by atoms with Crippen LogP contribution in [0.5, 0.6) is 0 Å². The lowest BCUT2D eigenvalue weighted by Crippen LogP contribution is -2.41. The minimum Gasteiger partial charge on any atom is -0.335 e. The van der Waals surface area contributed by atoms with E-state index in [9.17, 15) is 4.79 Å². The third kappa shape index (κ3) is 2.06. The van der Waals surface area contributed by atoms with E-state index >= 15 is 0 Å². The summed E-state index contributed by atoms with van der Waals surface area (Å²) < 4.78 is 0.751. The Labute approximate surface area is 89.8 Å². The summed E-state index contributed by atoms with van der Waals surface area (Å²) in [6.45, 7) is 0. The smallest absolute Gasteiger partial charge is 0.320 e. The Hall–Kier alpha value is -1.04. The van der Waals surface area contributed by atoms with E-state index in [1.807, 2.05) is 0 Å². The van der Waals surface area contributed by atoms with Gasteiger partial charge in [0.2, 0.25) is 0 Å². The summed E-state index contributed by atoms with van der Waals surface area (Å²) in [5.41, 5.74) is 0. The Morgan fingerprint density at radius 3 is 2.93 bits per heavy atom. The van der Waals surface area contributed by atoms with Crippen LogP contribution >= 0.6 is 15.9 Å². The first-order chi connectivity index (χ1) is 6.75. The normalized spacial score (nSPS) is 16.1. The maximum absolute atomic E-state index is 11.4. The monoisotopic (exact) mass is 258 g/mol. The molecule has 0 spiro atoms. The van der Waals surface area contributed by atoms with E-state index in [1.54, 1.807) is 6.20 Å². The SMILES string of the molecule is O=C(Nc1[nH]ncc1Br)NC1CCC1. The molecule has 5 nitrogen and oxygen atoms in total. The Morgan fingerprint density at radius 2 is 2.43 bits per heavy atom. The fourth-order valence-electron chi connectivity index (χ4n) is 1.25. The van der Waals surface area contributed by atoms with Gasteiger partial charge < -0.3 is 5.32 Å². The van der Waals surface area contributed by atoms with E-state index in [0.717, 1.165) is 17.3 Å². The van der Waals surface area contributed by atoms with Crippen molar-refractivity contribution in [1.82, 2.24) is 15.5 Å². The second kappa shape index (κ2) is 4.00. The highest BCUT2D eigenvalue weighted by Crippen LogP contribution is 2.20. The topological polar surface area (TPSA) is 69.8 Å². The predicted octanol–water partition coefficient (Wildman–Crippen LogP) is 1.85. The lowest BCUT2D eigenvalue weighted by molar-refractivity contribution is 0.240. The molecule has 0 bridgehead atoms. The molecular weight excluding hydrogens is 248 g/mol. The van der Waals surface area contributed by atoms with E-state index < -0.39 is 0 Å². The number of hydrogen-bond acceptors (Lipinski definition) is 2. The van der Waals surface area contributed by atoms with Gasteiger partial charge >= 0.3 is 6.03 Å². The van der Waals surface area contributed by atoms with Gasteiger partial charge in [0, 0.05) is 6.04 Å². The molecule has 1 aliphatic rings. The van der Waals surface area contributed by atoms with Crippen molar-refractivity contribution in [1.29, 1.82) is 0 Å². The lowest BCUT2D eigenvalue weighted by atomic mass is 9.93. The molecule has 76 valence electrons. The van der Waals surface area contributed by atoms with Crippen LogP contribution in [0, 0.1) is 0 Å². The fraction of sp³-hybridized carbons (Fsp3) is 0.500. The van der Waals surface area contributed by atoms with E-state index in [2.05, 4.69) is 36.8 Å². The fourth-order valence-corrected chi connectivity index (χ4v) is 1.54. The first kappa shape index (κ1) is 9.51. The molecule has 0 saturated heterocycles. The van der Waals surface area contributed by atoms with Crippen molar-refractivity contribution < 1.29 is 4.79 Å². The lowest BCUT2D eigenvalue weighted by Gasteiger charge is -2.26. The van der Waals surface area contributed by atoms with Crippen LogP contribution in [0.2, 0.25) is 0 Å². The summed E-state index contributed by atoms with van der Waals surface area (Å²) in [5.74, 6) is 0.585. The number of anilines is 1. The maximum atomic E-state index is 11.4. The second-order valence-electron chi connectivity index (χ2n) is 3.32. The first-order valence-corrected chi connectivity index (χ1v) is 5.31. The summed E-state index contributed by atoms with van der Waals surface area (Å²) in [6.07, 6.45) is 4.97. The van der Waals surface area contributed by atoms with Crippen LogP contribution in [-0.4, -0.2) is 22.3 Å². The highest BCUT2D eigenvalue weighted by molar-refractivity contribution is 9.10. The summed E-state index contributed by atoms with van der Waals surface area (Å²) in [4.78, 5) is 11.4. The predicted molar refractivity (Wildman–Crippen MR) is 56.1 cm³/mol. The molecule has 6 heteroatoms. The van der Waals surface area contributed by atoms with Crippen molar-refractivity contribution in [2.45, 2.75) is 25.3 Å². The van der Waals surface area contributed by atoms with Gasteiger partial charge in [-0.15, -0.1) is 0 Å². The van der Waals surface area contributed by atoms with Gasteiger partial charge in [-0.3, -0.25) is 10.4 Å². The van der Waals surface area contributed by atoms with Crippen LogP contribution in [0.25, 0.3) is 0 Å². The molecule has 0 aliphatic heterocycles. The molecule has 0 aromatic carbocycles. The molecule has 14 heavy (non-hydrogen) atoms. The minimum atomic E-state index is -0.181. The Kier molecular flexibility index (Phi) is 2.72. The highest BCUT2D eigenvalue weighted by Gasteiger charge is 2.19. The van der Waals surface area contributed by atoms with Crippen LogP contribution in [0.3, 0.4) is 0 Å². The average Bonchev–Trinajstić information content (AvgIpc) is 2.45. The average molecular weight is 259 g/mol. The Balaban J connectivity index is 1.84. The van der Waals surface area contributed by atoms with Gasteiger partial charge in [0.15, 0.2) is 0 Å². The molecule has 3 N–H and O–H groups in total. The standard InChI is InChI=1S/C8H11BrN4O/c9-6-4-10-13-7(6)12-8(14)11-5-2-1-3-5/h4-5H,1-3H2,(H3,10,11,12,13,14). The number of carbonyl (C=O) groups excluding carboxylic acids is 1. The molecule has 2 amide bonds. The van der Waals surface area contributed by atoms with E-state index in [4.69, 9.17) is 0 Å². The molecule has 1 aromatic heterocycles. The van der Waals surface area contributed by atoms with E-state index in [0.29, 0.717) is 11.9 Å². The molecule has 1 aliphatic carbocycles. The molecule has 0 unspecified atom stereocenters. The summed E-state index contributed by atoms with van der Waals surface area (Å²) in [5, 5.41) is 12.0. The third-order valence-corrected chi connectivity index (χ3v) is 2.87. The number of nitrogens with one attached hydrogen (secondary N) is 3. The van der Waals surface area contributed by atoms with Crippen molar-refractivity contribution in [3.63, 3.8) is 0 Å². The van der Waals surface area contributed by atoms with Gasteiger partial charge in [-0.05, 0) is 35.2 Å². The molecule has 2 rings (SSSR count). The molecule has 1 aromatic rings. The minimum absolute atomic E-state index is 0.181. The molecule has 1 heterocycles. The summed E-state index contributed by atoms with van der Waals surface area (Å²) >= 11 is 3.26. The number of halogens is 1. The Morgan fingerprint density at radius 1 is 1.64 bits per heavy atom. The van der Waals surface area contributed by atoms with Gasteiger partial charge in [0.1, 0.15) is 5.82 Å². The summed E-state index contributed by atoms with van der Waals surface area (Å²) in [6, 6.07) is 0.163. The van der Waals surface area contributed by atoms with E-state index in [-0.39, 0.29) is 6.03 Å². The Bertz CT molecular complexity index is 334. The number of nitrogens with zero attached hydrogens (tertiary/aromatic N) is 1. The van der Waals surface area contributed by atoms with Crippen molar-refractivity contribution in [3.05, 3.63) is 10.7 Å². The van der Waals surface area contributed by atoms with Crippen LogP contribution in [0.1, 0.15) is 19.3 Å². The number of carbonyl (C=O) groups is 1. The first-order valence-electron chi connectivity index (χ1n) is 4.52. The van der Waals surface area contributed by atoms with Gasteiger partial charge in [0.05, 0.1) is 10.7 Å². The van der Waals surface area contributed by atoms with Gasteiger partial charge in [-0.2, -0.15) is 5.10 Å². The van der Waals surface area contributed by atoms with Crippen LogP contribution in [0.4, 0.5) is 10.6 Å². The molecule has 1 saturated carbocycles. The zero-order valence-corrected chi connectivity index (χ0v) is 9.10.